The molecule has 0 amide bonds. The Morgan fingerprint density at radius 1 is 1.39 bits per heavy atom. The molecule has 1 aromatic rings. The minimum Gasteiger partial charge on any atom is -0.496 e. The molecule has 1 aromatic carbocycles. The Morgan fingerprint density at radius 3 is 2.78 bits per heavy atom. The Morgan fingerprint density at radius 2 is 2.17 bits per heavy atom. The highest BCUT2D eigenvalue weighted by Crippen LogP contribution is 2.37. The van der Waals surface area contributed by atoms with Gasteiger partial charge in [-0.25, -0.2) is 0 Å². The fourth-order valence-electron chi connectivity index (χ4n) is 2.84. The third-order valence-corrected chi connectivity index (χ3v) is 3.79. The van der Waals surface area contributed by atoms with Crippen LogP contribution in [-0.2, 0) is 0 Å². The second kappa shape index (κ2) is 5.61. The van der Waals surface area contributed by atoms with Crippen molar-refractivity contribution in [3.8, 4) is 5.75 Å². The lowest BCUT2D eigenvalue weighted by Crippen LogP contribution is -2.38. The lowest BCUT2D eigenvalue weighted by atomic mass is 9.99. The number of aliphatic hydroxyl groups excluding tert-OH is 1. The largest absolute Gasteiger partial charge is 0.496 e. The molecule has 1 unspecified atom stereocenters. The van der Waals surface area contributed by atoms with Crippen LogP contribution >= 0.6 is 0 Å². The first kappa shape index (κ1) is 13.2. The molecule has 18 heavy (non-hydrogen) atoms. The number of anilines is 1. The van der Waals surface area contributed by atoms with E-state index in [0.717, 1.165) is 23.5 Å². The monoisotopic (exact) mass is 249 g/mol. The van der Waals surface area contributed by atoms with Gasteiger partial charge in [-0.2, -0.15) is 0 Å². The number of piperidine rings is 1. The molecule has 3 nitrogen and oxygen atoms in total. The van der Waals surface area contributed by atoms with Crippen LogP contribution in [0.4, 0.5) is 5.69 Å². The van der Waals surface area contributed by atoms with Crippen molar-refractivity contribution in [2.75, 3.05) is 18.6 Å². The summed E-state index contributed by atoms with van der Waals surface area (Å²) in [5, 5.41) is 10.0. The number of nitrogens with zero attached hydrogens (tertiary/aromatic N) is 1. The van der Waals surface area contributed by atoms with Gasteiger partial charge in [0.2, 0.25) is 0 Å². The van der Waals surface area contributed by atoms with Gasteiger partial charge in [0.25, 0.3) is 0 Å². The summed E-state index contributed by atoms with van der Waals surface area (Å²) in [7, 11) is 1.66. The number of hydrogen-bond donors (Lipinski definition) is 1. The maximum atomic E-state index is 10.0. The van der Waals surface area contributed by atoms with Crippen LogP contribution in [0, 0.1) is 0 Å². The van der Waals surface area contributed by atoms with Gasteiger partial charge in [0.1, 0.15) is 5.75 Å². The van der Waals surface area contributed by atoms with E-state index in [-0.39, 0.29) is 0 Å². The Labute approximate surface area is 109 Å². The molecule has 0 aliphatic carbocycles. The average molecular weight is 249 g/mol. The SMILES string of the molecule is COc1cccc(N2CCCCC2C)c1[C@H](C)O. The summed E-state index contributed by atoms with van der Waals surface area (Å²) < 4.78 is 5.39. The van der Waals surface area contributed by atoms with Crippen molar-refractivity contribution in [1.29, 1.82) is 0 Å². The topological polar surface area (TPSA) is 32.7 Å². The molecule has 2 atom stereocenters. The molecular formula is C15H23NO2. The summed E-state index contributed by atoms with van der Waals surface area (Å²) >= 11 is 0. The highest BCUT2D eigenvalue weighted by Gasteiger charge is 2.24. The molecule has 1 fully saturated rings. The molecule has 0 bridgehead atoms. The molecule has 0 aromatic heterocycles. The molecule has 1 aliphatic rings. The second-order valence-electron chi connectivity index (χ2n) is 5.11. The van der Waals surface area contributed by atoms with Gasteiger partial charge in [-0.15, -0.1) is 0 Å². The first-order chi connectivity index (χ1) is 8.65. The molecule has 100 valence electrons. The number of methoxy groups -OCH3 is 1. The molecule has 1 aliphatic heterocycles. The van der Waals surface area contributed by atoms with Crippen molar-refractivity contribution in [2.45, 2.75) is 45.3 Å². The van der Waals surface area contributed by atoms with E-state index >= 15 is 0 Å². The molecule has 1 saturated heterocycles. The quantitative estimate of drug-likeness (QED) is 0.893. The molecule has 0 saturated carbocycles. The summed E-state index contributed by atoms with van der Waals surface area (Å²) in [5.41, 5.74) is 2.03. The fourth-order valence-corrected chi connectivity index (χ4v) is 2.84. The van der Waals surface area contributed by atoms with Crippen LogP contribution in [-0.4, -0.2) is 24.8 Å². The molecular weight excluding hydrogens is 226 g/mol. The Bertz CT molecular complexity index is 403. The molecule has 0 spiro atoms. The van der Waals surface area contributed by atoms with Gasteiger partial charge in [0.05, 0.1) is 13.2 Å². The van der Waals surface area contributed by atoms with E-state index in [9.17, 15) is 5.11 Å². The Hall–Kier alpha value is -1.22. The summed E-state index contributed by atoms with van der Waals surface area (Å²) in [6.45, 7) is 5.12. The molecule has 1 heterocycles. The first-order valence-electron chi connectivity index (χ1n) is 6.76. The van der Waals surface area contributed by atoms with E-state index in [0.29, 0.717) is 6.04 Å². The third kappa shape index (κ3) is 2.46. The van der Waals surface area contributed by atoms with E-state index in [1.54, 1.807) is 14.0 Å². The van der Waals surface area contributed by atoms with E-state index < -0.39 is 6.10 Å². The minimum atomic E-state index is -0.509. The summed E-state index contributed by atoms with van der Waals surface area (Å²) in [4.78, 5) is 2.40. The summed E-state index contributed by atoms with van der Waals surface area (Å²) in [5.74, 6) is 0.778. The number of hydrogen-bond acceptors (Lipinski definition) is 3. The van der Waals surface area contributed by atoms with Crippen molar-refractivity contribution >= 4 is 5.69 Å². The standard InChI is InChI=1S/C15H23NO2/c1-11-7-4-5-10-16(11)13-8-6-9-14(18-3)15(13)12(2)17/h6,8-9,11-12,17H,4-5,7,10H2,1-3H3/t11?,12-/m0/s1. The predicted molar refractivity (Wildman–Crippen MR) is 74.3 cm³/mol. The van der Waals surface area contributed by atoms with Crippen LogP contribution in [0.25, 0.3) is 0 Å². The fraction of sp³-hybridized carbons (Fsp3) is 0.600. The van der Waals surface area contributed by atoms with Crippen molar-refractivity contribution in [1.82, 2.24) is 0 Å². The molecule has 1 N–H and O–H groups in total. The van der Waals surface area contributed by atoms with Gasteiger partial charge in [-0.1, -0.05) is 6.07 Å². The molecule has 2 rings (SSSR count). The van der Waals surface area contributed by atoms with Crippen molar-refractivity contribution < 1.29 is 9.84 Å². The Balaban J connectivity index is 2.42. The highest BCUT2D eigenvalue weighted by atomic mass is 16.5. The predicted octanol–water partition coefficient (Wildman–Crippen LogP) is 3.13. The van der Waals surface area contributed by atoms with Gasteiger partial charge in [0.15, 0.2) is 0 Å². The third-order valence-electron chi connectivity index (χ3n) is 3.79. The lowest BCUT2D eigenvalue weighted by Gasteiger charge is -2.37. The van der Waals surface area contributed by atoms with E-state index in [1.165, 1.54) is 19.3 Å². The number of ether oxygens (including phenoxy) is 1. The van der Waals surface area contributed by atoms with E-state index in [2.05, 4.69) is 17.9 Å². The first-order valence-corrected chi connectivity index (χ1v) is 6.76. The van der Waals surface area contributed by atoms with Crippen molar-refractivity contribution in [3.05, 3.63) is 23.8 Å². The summed E-state index contributed by atoms with van der Waals surface area (Å²) in [6.07, 6.45) is 3.23. The summed E-state index contributed by atoms with van der Waals surface area (Å²) in [6, 6.07) is 6.54. The zero-order valence-electron chi connectivity index (χ0n) is 11.5. The van der Waals surface area contributed by atoms with Gasteiger partial charge in [-0.3, -0.25) is 0 Å². The zero-order chi connectivity index (χ0) is 13.1. The van der Waals surface area contributed by atoms with Crippen LogP contribution in [0.15, 0.2) is 18.2 Å². The smallest absolute Gasteiger partial charge is 0.126 e. The number of aliphatic hydroxyl groups is 1. The highest BCUT2D eigenvalue weighted by molar-refractivity contribution is 5.61. The van der Waals surface area contributed by atoms with Crippen LogP contribution < -0.4 is 9.64 Å². The Kier molecular flexibility index (Phi) is 4.12. The van der Waals surface area contributed by atoms with Crippen LogP contribution in [0.3, 0.4) is 0 Å². The number of benzene rings is 1. The van der Waals surface area contributed by atoms with Gasteiger partial charge < -0.3 is 14.7 Å². The number of rotatable bonds is 3. The maximum Gasteiger partial charge on any atom is 0.126 e. The molecule has 0 radical (unpaired) electrons. The normalized spacial score (nSPS) is 21.8. The maximum absolute atomic E-state index is 10.0. The van der Waals surface area contributed by atoms with E-state index in [4.69, 9.17) is 4.74 Å². The van der Waals surface area contributed by atoms with Gasteiger partial charge >= 0.3 is 0 Å². The minimum absolute atomic E-state index is 0.509. The average Bonchev–Trinajstić information content (AvgIpc) is 2.38. The van der Waals surface area contributed by atoms with Crippen molar-refractivity contribution in [3.63, 3.8) is 0 Å². The van der Waals surface area contributed by atoms with Crippen molar-refractivity contribution in [2.24, 2.45) is 0 Å². The van der Waals surface area contributed by atoms with Crippen LogP contribution in [0.1, 0.15) is 44.8 Å². The van der Waals surface area contributed by atoms with Crippen LogP contribution in [0.5, 0.6) is 5.75 Å². The zero-order valence-corrected chi connectivity index (χ0v) is 11.5. The van der Waals surface area contributed by atoms with E-state index in [1.807, 2.05) is 12.1 Å². The lowest BCUT2D eigenvalue weighted by molar-refractivity contribution is 0.194. The van der Waals surface area contributed by atoms with Gasteiger partial charge in [0, 0.05) is 23.8 Å². The van der Waals surface area contributed by atoms with Crippen LogP contribution in [0.2, 0.25) is 0 Å². The molecule has 3 heteroatoms. The van der Waals surface area contributed by atoms with Gasteiger partial charge in [-0.05, 0) is 45.2 Å². The second-order valence-corrected chi connectivity index (χ2v) is 5.11.